The van der Waals surface area contributed by atoms with Gasteiger partial charge in [0.2, 0.25) is 0 Å². The lowest BCUT2D eigenvalue weighted by atomic mass is 10.0. The van der Waals surface area contributed by atoms with E-state index in [-0.39, 0.29) is 0 Å². The van der Waals surface area contributed by atoms with Crippen molar-refractivity contribution in [1.82, 2.24) is 5.32 Å². The van der Waals surface area contributed by atoms with Gasteiger partial charge in [0, 0.05) is 13.1 Å². The molecule has 1 radical (unpaired) electrons. The Hall–Kier alpha value is -2.52. The minimum atomic E-state index is -0.818. The van der Waals surface area contributed by atoms with E-state index in [1.165, 1.54) is 6.07 Å². The molecule has 3 aromatic carbocycles. The molecule has 3 rings (SSSR count). The number of hydrogen-bond donors (Lipinski definition) is 1. The van der Waals surface area contributed by atoms with E-state index in [0.29, 0.717) is 13.1 Å². The molecule has 23 heavy (non-hydrogen) atoms. The molecule has 3 heteroatoms. The molecule has 115 valence electrons. The first-order valence-electron chi connectivity index (χ1n) is 7.43. The van der Waals surface area contributed by atoms with E-state index in [9.17, 15) is 8.78 Å². The van der Waals surface area contributed by atoms with Gasteiger partial charge in [-0.1, -0.05) is 54.6 Å². The van der Waals surface area contributed by atoms with Crippen LogP contribution in [0.15, 0.2) is 66.7 Å². The lowest BCUT2D eigenvalue weighted by Gasteiger charge is -2.07. The van der Waals surface area contributed by atoms with Gasteiger partial charge in [0.15, 0.2) is 11.6 Å². The molecule has 0 aliphatic rings. The van der Waals surface area contributed by atoms with E-state index in [1.807, 2.05) is 24.3 Å². The van der Waals surface area contributed by atoms with Crippen molar-refractivity contribution >= 4 is 0 Å². The summed E-state index contributed by atoms with van der Waals surface area (Å²) in [5, 5.41) is 3.23. The Labute approximate surface area is 134 Å². The number of benzene rings is 3. The van der Waals surface area contributed by atoms with Crippen molar-refractivity contribution in [3.05, 3.63) is 95.6 Å². The summed E-state index contributed by atoms with van der Waals surface area (Å²) in [5.74, 6) is -1.63. The molecule has 0 saturated heterocycles. The largest absolute Gasteiger partial charge is 0.309 e. The van der Waals surface area contributed by atoms with Gasteiger partial charge in [0.05, 0.1) is 0 Å². The second kappa shape index (κ2) is 7.16. The molecule has 0 heterocycles. The topological polar surface area (TPSA) is 12.0 Å². The zero-order valence-corrected chi connectivity index (χ0v) is 12.5. The van der Waals surface area contributed by atoms with Crippen LogP contribution in [0.4, 0.5) is 8.78 Å². The van der Waals surface area contributed by atoms with Crippen molar-refractivity contribution < 1.29 is 8.78 Å². The van der Waals surface area contributed by atoms with Crippen LogP contribution in [0.3, 0.4) is 0 Å². The maximum atomic E-state index is 13.1. The Balaban J connectivity index is 1.57. The van der Waals surface area contributed by atoms with Crippen LogP contribution in [0.25, 0.3) is 11.1 Å². The van der Waals surface area contributed by atoms with E-state index >= 15 is 0 Å². The quantitative estimate of drug-likeness (QED) is 0.719. The Morgan fingerprint density at radius 1 is 0.783 bits per heavy atom. The fourth-order valence-electron chi connectivity index (χ4n) is 2.38. The van der Waals surface area contributed by atoms with Gasteiger partial charge in [-0.05, 0) is 40.5 Å². The van der Waals surface area contributed by atoms with Crippen LogP contribution >= 0.6 is 0 Å². The first-order valence-corrected chi connectivity index (χ1v) is 7.43. The second-order valence-electron chi connectivity index (χ2n) is 5.33. The maximum absolute atomic E-state index is 13.1. The van der Waals surface area contributed by atoms with Crippen LogP contribution in [0, 0.1) is 17.7 Å². The summed E-state index contributed by atoms with van der Waals surface area (Å²) < 4.78 is 26.0. The number of rotatable bonds is 5. The molecule has 0 saturated carbocycles. The first kappa shape index (κ1) is 15.4. The second-order valence-corrected chi connectivity index (χ2v) is 5.33. The van der Waals surface area contributed by atoms with Crippen molar-refractivity contribution in [3.63, 3.8) is 0 Å². The van der Waals surface area contributed by atoms with E-state index in [2.05, 4.69) is 35.6 Å². The predicted octanol–water partition coefficient (Wildman–Crippen LogP) is 4.72. The van der Waals surface area contributed by atoms with E-state index in [4.69, 9.17) is 0 Å². The summed E-state index contributed by atoms with van der Waals surface area (Å²) in [6.45, 7) is 1.16. The highest BCUT2D eigenvalue weighted by atomic mass is 19.2. The minimum absolute atomic E-state index is 0.491. The van der Waals surface area contributed by atoms with Gasteiger partial charge in [0.1, 0.15) is 0 Å². The van der Waals surface area contributed by atoms with Crippen LogP contribution < -0.4 is 5.32 Å². The Morgan fingerprint density at radius 2 is 1.52 bits per heavy atom. The van der Waals surface area contributed by atoms with Crippen molar-refractivity contribution in [2.75, 3.05) is 0 Å². The van der Waals surface area contributed by atoms with Gasteiger partial charge in [-0.15, -0.1) is 0 Å². The average Bonchev–Trinajstić information content (AvgIpc) is 2.59. The van der Waals surface area contributed by atoms with Crippen molar-refractivity contribution in [1.29, 1.82) is 0 Å². The standard InChI is InChI=1S/C20H16F2N/c21-19-11-8-16(12-20(19)22)14-23-13-15-6-9-18(10-7-15)17-4-2-1-3-5-17/h1-4,6-12,23H,13-14H2. The summed E-state index contributed by atoms with van der Waals surface area (Å²) in [6, 6.07) is 23.2. The highest BCUT2D eigenvalue weighted by Gasteiger charge is 2.02. The predicted molar refractivity (Wildman–Crippen MR) is 87.6 cm³/mol. The fraction of sp³-hybridized carbons (Fsp3) is 0.100. The lowest BCUT2D eigenvalue weighted by Crippen LogP contribution is -2.12. The van der Waals surface area contributed by atoms with Crippen molar-refractivity contribution in [3.8, 4) is 11.1 Å². The molecular weight excluding hydrogens is 292 g/mol. The van der Waals surface area contributed by atoms with Crippen molar-refractivity contribution in [2.45, 2.75) is 13.1 Å². The molecule has 0 aliphatic carbocycles. The van der Waals surface area contributed by atoms with Crippen LogP contribution in [0.5, 0.6) is 0 Å². The molecule has 1 N–H and O–H groups in total. The monoisotopic (exact) mass is 308 g/mol. The van der Waals surface area contributed by atoms with Crippen LogP contribution in [0.1, 0.15) is 11.1 Å². The molecule has 0 aromatic heterocycles. The van der Waals surface area contributed by atoms with Crippen LogP contribution in [-0.2, 0) is 13.1 Å². The number of nitrogens with one attached hydrogen (secondary N) is 1. The van der Waals surface area contributed by atoms with Crippen LogP contribution in [0.2, 0.25) is 0 Å². The van der Waals surface area contributed by atoms with Gasteiger partial charge in [-0.25, -0.2) is 8.78 Å². The fourth-order valence-corrected chi connectivity index (χ4v) is 2.38. The maximum Gasteiger partial charge on any atom is 0.159 e. The molecular formula is C20H16F2N. The Morgan fingerprint density at radius 3 is 2.22 bits per heavy atom. The smallest absolute Gasteiger partial charge is 0.159 e. The highest BCUT2D eigenvalue weighted by Crippen LogP contribution is 2.18. The molecule has 0 unspecified atom stereocenters. The number of halogens is 2. The van der Waals surface area contributed by atoms with Gasteiger partial charge >= 0.3 is 0 Å². The molecule has 0 atom stereocenters. The average molecular weight is 308 g/mol. The summed E-state index contributed by atoms with van der Waals surface area (Å²) in [6.07, 6.45) is 0. The molecule has 0 bridgehead atoms. The minimum Gasteiger partial charge on any atom is -0.309 e. The third-order valence-electron chi connectivity index (χ3n) is 3.62. The molecule has 0 amide bonds. The summed E-state index contributed by atoms with van der Waals surface area (Å²) in [5.41, 5.74) is 4.04. The zero-order chi connectivity index (χ0) is 16.1. The molecule has 0 fully saturated rings. The first-order chi connectivity index (χ1) is 11.2. The molecule has 1 nitrogen and oxygen atoms in total. The number of hydrogen-bond acceptors (Lipinski definition) is 1. The third kappa shape index (κ3) is 4.02. The Bertz CT molecular complexity index is 767. The third-order valence-corrected chi connectivity index (χ3v) is 3.62. The molecule has 3 aromatic rings. The van der Waals surface area contributed by atoms with Gasteiger partial charge in [0.25, 0.3) is 0 Å². The SMILES string of the molecule is Fc1ccc(CNCc2ccc(-c3[c]cccc3)cc2)cc1F. The van der Waals surface area contributed by atoms with E-state index < -0.39 is 11.6 Å². The summed E-state index contributed by atoms with van der Waals surface area (Å²) in [7, 11) is 0. The van der Waals surface area contributed by atoms with Crippen LogP contribution in [-0.4, -0.2) is 0 Å². The normalized spacial score (nSPS) is 10.7. The lowest BCUT2D eigenvalue weighted by molar-refractivity contribution is 0.506. The summed E-state index contributed by atoms with van der Waals surface area (Å²) in [4.78, 5) is 0. The molecule has 0 aliphatic heterocycles. The van der Waals surface area contributed by atoms with Crippen molar-refractivity contribution in [2.24, 2.45) is 0 Å². The summed E-state index contributed by atoms with van der Waals surface area (Å²) >= 11 is 0. The van der Waals surface area contributed by atoms with Gasteiger partial charge in [-0.3, -0.25) is 0 Å². The zero-order valence-electron chi connectivity index (χ0n) is 12.5. The van der Waals surface area contributed by atoms with E-state index in [0.717, 1.165) is 28.3 Å². The van der Waals surface area contributed by atoms with E-state index in [1.54, 1.807) is 6.07 Å². The Kier molecular flexibility index (Phi) is 4.79. The van der Waals surface area contributed by atoms with Gasteiger partial charge < -0.3 is 5.32 Å². The highest BCUT2D eigenvalue weighted by molar-refractivity contribution is 5.62. The van der Waals surface area contributed by atoms with Gasteiger partial charge in [-0.2, -0.15) is 0 Å². The molecule has 0 spiro atoms.